The molecule has 1 heterocycles. The maximum Gasteiger partial charge on any atom is 0.418 e. The molecule has 0 saturated heterocycles. The highest BCUT2D eigenvalue weighted by molar-refractivity contribution is 7.80. The highest BCUT2D eigenvalue weighted by atomic mass is 32.1. The van der Waals surface area contributed by atoms with Crippen LogP contribution in [0, 0.1) is 6.92 Å². The predicted molar refractivity (Wildman–Crippen MR) is 78.6 cm³/mol. The number of benzene rings is 1. The van der Waals surface area contributed by atoms with Crippen LogP contribution in [-0.2, 0) is 6.18 Å². The van der Waals surface area contributed by atoms with Gasteiger partial charge in [0, 0.05) is 0 Å². The van der Waals surface area contributed by atoms with Crippen molar-refractivity contribution < 1.29 is 22.4 Å². The van der Waals surface area contributed by atoms with Gasteiger partial charge in [-0.25, -0.2) is 0 Å². The molecular weight excluding hydrogens is 317 g/mol. The Kier molecular flexibility index (Phi) is 4.51. The number of carbonyl (C=O) groups is 1. The molecule has 22 heavy (non-hydrogen) atoms. The quantitative estimate of drug-likeness (QED) is 0.825. The first-order valence-corrected chi connectivity index (χ1v) is 6.53. The molecule has 0 bridgehead atoms. The van der Waals surface area contributed by atoms with E-state index in [0.717, 1.165) is 6.07 Å². The Morgan fingerprint density at radius 2 is 1.86 bits per heavy atom. The first-order valence-electron chi connectivity index (χ1n) is 6.12. The summed E-state index contributed by atoms with van der Waals surface area (Å²) in [6.07, 6.45) is -4.53. The molecule has 0 aliphatic rings. The second-order valence-electron chi connectivity index (χ2n) is 4.36. The van der Waals surface area contributed by atoms with Crippen LogP contribution in [0.25, 0.3) is 0 Å². The number of hydrogen-bond donors (Lipinski definition) is 2. The number of hydrogen-bond acceptors (Lipinski definition) is 3. The number of amides is 1. The molecule has 0 fully saturated rings. The van der Waals surface area contributed by atoms with Gasteiger partial charge in [-0.15, -0.1) is 0 Å². The molecule has 0 aliphatic carbocycles. The summed E-state index contributed by atoms with van der Waals surface area (Å²) in [6.45, 7) is 1.66. The van der Waals surface area contributed by atoms with Gasteiger partial charge in [0.15, 0.2) is 10.9 Å². The summed E-state index contributed by atoms with van der Waals surface area (Å²) >= 11 is 4.85. The third kappa shape index (κ3) is 3.85. The average molecular weight is 328 g/mol. The molecular formula is C14H11F3N2O2S. The number of furan rings is 1. The monoisotopic (exact) mass is 328 g/mol. The summed E-state index contributed by atoms with van der Waals surface area (Å²) in [4.78, 5) is 11.8. The molecule has 2 N–H and O–H groups in total. The van der Waals surface area contributed by atoms with Gasteiger partial charge < -0.3 is 9.73 Å². The Bertz CT molecular complexity index is 710. The molecule has 2 rings (SSSR count). The zero-order valence-corrected chi connectivity index (χ0v) is 12.1. The molecule has 0 atom stereocenters. The lowest BCUT2D eigenvalue weighted by molar-refractivity contribution is -0.136. The SMILES string of the molecule is Cc1ccc(C(=O)NC(=S)Nc2ccccc2C(F)(F)F)o1. The largest absolute Gasteiger partial charge is 0.456 e. The van der Waals surface area contributed by atoms with Crippen LogP contribution in [0.15, 0.2) is 40.8 Å². The van der Waals surface area contributed by atoms with E-state index in [2.05, 4.69) is 10.6 Å². The number of halogens is 3. The van der Waals surface area contributed by atoms with Gasteiger partial charge >= 0.3 is 6.18 Å². The first kappa shape index (κ1) is 16.0. The van der Waals surface area contributed by atoms with Crippen LogP contribution in [0.1, 0.15) is 21.9 Å². The Morgan fingerprint density at radius 3 is 2.45 bits per heavy atom. The van der Waals surface area contributed by atoms with Crippen molar-refractivity contribution in [2.24, 2.45) is 0 Å². The molecule has 0 aliphatic heterocycles. The molecule has 1 aromatic carbocycles. The smallest absolute Gasteiger partial charge is 0.418 e. The molecule has 1 amide bonds. The van der Waals surface area contributed by atoms with E-state index < -0.39 is 17.6 Å². The molecule has 0 radical (unpaired) electrons. The molecule has 8 heteroatoms. The van der Waals surface area contributed by atoms with Gasteiger partial charge in [0.05, 0.1) is 11.3 Å². The third-order valence-corrected chi connectivity index (χ3v) is 2.88. The van der Waals surface area contributed by atoms with E-state index in [1.165, 1.54) is 24.3 Å². The molecule has 0 saturated carbocycles. The molecule has 1 aromatic heterocycles. The van der Waals surface area contributed by atoms with Crippen molar-refractivity contribution in [2.45, 2.75) is 13.1 Å². The van der Waals surface area contributed by atoms with Crippen molar-refractivity contribution >= 4 is 28.9 Å². The zero-order chi connectivity index (χ0) is 16.3. The second kappa shape index (κ2) is 6.18. The second-order valence-corrected chi connectivity index (χ2v) is 4.77. The van der Waals surface area contributed by atoms with Crippen LogP contribution in [-0.4, -0.2) is 11.0 Å². The Balaban J connectivity index is 2.08. The molecule has 0 unspecified atom stereocenters. The van der Waals surface area contributed by atoms with Gasteiger partial charge in [0.25, 0.3) is 5.91 Å². The van der Waals surface area contributed by atoms with Crippen LogP contribution < -0.4 is 10.6 Å². The zero-order valence-electron chi connectivity index (χ0n) is 11.3. The standard InChI is InChI=1S/C14H11F3N2O2S/c1-8-6-7-11(21-8)12(20)19-13(22)18-10-5-3-2-4-9(10)14(15,16)17/h2-7H,1H3,(H2,18,19,20,22). The predicted octanol–water partition coefficient (Wildman–Crippen LogP) is 3.73. The van der Waals surface area contributed by atoms with Crippen molar-refractivity contribution in [2.75, 3.05) is 5.32 Å². The summed E-state index contributed by atoms with van der Waals surface area (Å²) in [5.74, 6) is -0.0905. The van der Waals surface area contributed by atoms with E-state index in [0.29, 0.717) is 5.76 Å². The highest BCUT2D eigenvalue weighted by Crippen LogP contribution is 2.34. The number of nitrogens with one attached hydrogen (secondary N) is 2. The van der Waals surface area contributed by atoms with Crippen molar-refractivity contribution in [1.82, 2.24) is 5.32 Å². The van der Waals surface area contributed by atoms with Crippen molar-refractivity contribution in [3.8, 4) is 0 Å². The van der Waals surface area contributed by atoms with Gasteiger partial charge in [-0.2, -0.15) is 13.2 Å². The summed E-state index contributed by atoms with van der Waals surface area (Å²) in [5.41, 5.74) is -1.11. The van der Waals surface area contributed by atoms with Gasteiger partial charge in [0.2, 0.25) is 0 Å². The van der Waals surface area contributed by atoms with E-state index in [4.69, 9.17) is 16.6 Å². The van der Waals surface area contributed by atoms with Crippen LogP contribution in [0.5, 0.6) is 0 Å². The number of alkyl halides is 3. The summed E-state index contributed by atoms with van der Waals surface area (Å²) in [7, 11) is 0. The molecule has 2 aromatic rings. The van der Waals surface area contributed by atoms with Crippen LogP contribution in [0.2, 0.25) is 0 Å². The lowest BCUT2D eigenvalue weighted by Crippen LogP contribution is -2.34. The number of rotatable bonds is 2. The maximum absolute atomic E-state index is 12.8. The number of anilines is 1. The Labute approximate surface area is 129 Å². The Hall–Kier alpha value is -2.35. The fourth-order valence-electron chi connectivity index (χ4n) is 1.71. The summed E-state index contributed by atoms with van der Waals surface area (Å²) < 4.78 is 43.6. The number of para-hydroxylation sites is 1. The molecule has 116 valence electrons. The maximum atomic E-state index is 12.8. The number of carbonyl (C=O) groups excluding carboxylic acids is 1. The topological polar surface area (TPSA) is 54.3 Å². The fourth-order valence-corrected chi connectivity index (χ4v) is 1.92. The minimum atomic E-state index is -4.53. The van der Waals surface area contributed by atoms with Crippen molar-refractivity contribution in [3.05, 3.63) is 53.5 Å². The van der Waals surface area contributed by atoms with Gasteiger partial charge in [0.1, 0.15) is 5.76 Å². The molecule has 0 spiro atoms. The summed E-state index contributed by atoms with van der Waals surface area (Å²) in [6, 6.07) is 7.86. The minimum absolute atomic E-state index is 0.0192. The van der Waals surface area contributed by atoms with Gasteiger partial charge in [-0.05, 0) is 43.4 Å². The third-order valence-electron chi connectivity index (χ3n) is 2.67. The average Bonchev–Trinajstić information content (AvgIpc) is 2.84. The lowest BCUT2D eigenvalue weighted by atomic mass is 10.1. The summed E-state index contributed by atoms with van der Waals surface area (Å²) in [5, 5.41) is 4.37. The number of thiocarbonyl (C=S) groups is 1. The van der Waals surface area contributed by atoms with Crippen molar-refractivity contribution in [1.29, 1.82) is 0 Å². The van der Waals surface area contributed by atoms with Crippen LogP contribution in [0.4, 0.5) is 18.9 Å². The van der Waals surface area contributed by atoms with Crippen molar-refractivity contribution in [3.63, 3.8) is 0 Å². The highest BCUT2D eigenvalue weighted by Gasteiger charge is 2.33. The molecule has 4 nitrogen and oxygen atoms in total. The van der Waals surface area contributed by atoms with E-state index in [-0.39, 0.29) is 16.6 Å². The van der Waals surface area contributed by atoms with Crippen LogP contribution in [0.3, 0.4) is 0 Å². The lowest BCUT2D eigenvalue weighted by Gasteiger charge is -2.14. The van der Waals surface area contributed by atoms with Gasteiger partial charge in [-0.3, -0.25) is 10.1 Å². The van der Waals surface area contributed by atoms with E-state index in [9.17, 15) is 18.0 Å². The number of aryl methyl sites for hydroxylation is 1. The van der Waals surface area contributed by atoms with E-state index in [1.54, 1.807) is 13.0 Å². The normalized spacial score (nSPS) is 11.1. The minimum Gasteiger partial charge on any atom is -0.456 e. The van der Waals surface area contributed by atoms with Crippen LogP contribution >= 0.6 is 12.2 Å². The van der Waals surface area contributed by atoms with Gasteiger partial charge in [-0.1, -0.05) is 12.1 Å². The van der Waals surface area contributed by atoms with E-state index in [1.807, 2.05) is 0 Å². The Morgan fingerprint density at radius 1 is 1.18 bits per heavy atom. The fraction of sp³-hybridized carbons (Fsp3) is 0.143. The van der Waals surface area contributed by atoms with E-state index >= 15 is 0 Å². The first-order chi connectivity index (χ1) is 10.3.